The Kier molecular flexibility index (Phi) is 3.32. The maximum absolute atomic E-state index is 9.80. The molecule has 0 radical (unpaired) electrons. The number of para-hydroxylation sites is 1. The summed E-state index contributed by atoms with van der Waals surface area (Å²) in [5, 5.41) is 12.1. The van der Waals surface area contributed by atoms with E-state index in [1.165, 1.54) is 5.39 Å². The van der Waals surface area contributed by atoms with E-state index in [0.717, 1.165) is 21.0 Å². The lowest BCUT2D eigenvalue weighted by atomic mass is 10.1. The molecular formula is C16H15NOS. The topological polar surface area (TPSA) is 36.0 Å². The van der Waals surface area contributed by atoms with Crippen LogP contribution in [0.1, 0.15) is 18.6 Å². The number of aliphatic hydroxyl groups excluding tert-OH is 1. The van der Waals surface area contributed by atoms with Gasteiger partial charge in [-0.05, 0) is 30.7 Å². The van der Waals surface area contributed by atoms with Crippen molar-refractivity contribution in [3.8, 4) is 0 Å². The first kappa shape index (κ1) is 12.3. The van der Waals surface area contributed by atoms with Gasteiger partial charge in [0.1, 0.15) is 0 Å². The summed E-state index contributed by atoms with van der Waals surface area (Å²) < 4.78 is 0. The number of benzene rings is 2. The molecule has 0 spiro atoms. The van der Waals surface area contributed by atoms with Crippen LogP contribution in [-0.4, -0.2) is 10.1 Å². The summed E-state index contributed by atoms with van der Waals surface area (Å²) >= 11 is 1.65. The van der Waals surface area contributed by atoms with Gasteiger partial charge in [-0.2, -0.15) is 0 Å². The molecule has 2 nitrogen and oxygen atoms in total. The zero-order chi connectivity index (χ0) is 13.2. The van der Waals surface area contributed by atoms with Crippen molar-refractivity contribution < 1.29 is 5.11 Å². The molecule has 0 unspecified atom stereocenters. The predicted octanol–water partition coefficient (Wildman–Crippen LogP) is 4.37. The Labute approximate surface area is 116 Å². The van der Waals surface area contributed by atoms with E-state index in [1.54, 1.807) is 18.7 Å². The van der Waals surface area contributed by atoms with Gasteiger partial charge < -0.3 is 10.1 Å². The Morgan fingerprint density at radius 2 is 1.79 bits per heavy atom. The van der Waals surface area contributed by atoms with Crippen molar-refractivity contribution in [3.05, 3.63) is 60.2 Å². The van der Waals surface area contributed by atoms with E-state index in [0.29, 0.717) is 0 Å². The number of fused-ring (bicyclic) bond motifs is 1. The predicted molar refractivity (Wildman–Crippen MR) is 79.5 cm³/mol. The van der Waals surface area contributed by atoms with Gasteiger partial charge in [0.2, 0.25) is 0 Å². The molecule has 0 saturated heterocycles. The monoisotopic (exact) mass is 269 g/mol. The Bertz CT molecular complexity index is 670. The highest BCUT2D eigenvalue weighted by molar-refractivity contribution is 7.99. The van der Waals surface area contributed by atoms with Gasteiger partial charge in [0.25, 0.3) is 0 Å². The van der Waals surface area contributed by atoms with Crippen molar-refractivity contribution in [1.29, 1.82) is 0 Å². The first-order chi connectivity index (χ1) is 9.24. The molecule has 2 aromatic carbocycles. The van der Waals surface area contributed by atoms with Crippen molar-refractivity contribution in [2.45, 2.75) is 22.9 Å². The van der Waals surface area contributed by atoms with E-state index in [2.05, 4.69) is 23.2 Å². The van der Waals surface area contributed by atoms with Gasteiger partial charge in [0.15, 0.2) is 0 Å². The van der Waals surface area contributed by atoms with Crippen LogP contribution < -0.4 is 0 Å². The number of aliphatic hydroxyl groups is 1. The molecule has 0 aliphatic heterocycles. The molecule has 0 fully saturated rings. The quantitative estimate of drug-likeness (QED) is 0.740. The third kappa shape index (κ3) is 2.53. The molecule has 1 atom stereocenters. The summed E-state index contributed by atoms with van der Waals surface area (Å²) in [6, 6.07) is 18.3. The molecule has 1 heterocycles. The van der Waals surface area contributed by atoms with Crippen molar-refractivity contribution in [3.63, 3.8) is 0 Å². The van der Waals surface area contributed by atoms with E-state index in [9.17, 15) is 5.11 Å². The number of aromatic nitrogens is 1. The third-order valence-corrected chi connectivity index (χ3v) is 4.13. The first-order valence-corrected chi connectivity index (χ1v) is 7.08. The molecule has 19 heavy (non-hydrogen) atoms. The molecule has 3 aromatic rings. The maximum Gasteiger partial charge on any atom is 0.0781 e. The van der Waals surface area contributed by atoms with E-state index in [4.69, 9.17) is 0 Å². The lowest BCUT2D eigenvalue weighted by molar-refractivity contribution is 0.196. The van der Waals surface area contributed by atoms with Crippen LogP contribution in [0.3, 0.4) is 0 Å². The standard InChI is InChI=1S/C16H15NOS/c1-11(18)13-7-3-5-9-15(13)19-16-10-12-6-2-4-8-14(12)17-16/h2-11,17-18H,1H3/t11-/m0/s1. The van der Waals surface area contributed by atoms with Gasteiger partial charge in [-0.15, -0.1) is 0 Å². The fourth-order valence-corrected chi connectivity index (χ4v) is 3.23. The summed E-state index contributed by atoms with van der Waals surface area (Å²) in [6.07, 6.45) is -0.451. The molecule has 3 rings (SSSR count). The molecule has 0 aliphatic rings. The Morgan fingerprint density at radius 3 is 2.58 bits per heavy atom. The summed E-state index contributed by atoms with van der Waals surface area (Å²) in [5.41, 5.74) is 2.10. The van der Waals surface area contributed by atoms with Gasteiger partial charge in [0.05, 0.1) is 11.1 Å². The smallest absolute Gasteiger partial charge is 0.0781 e. The van der Waals surface area contributed by atoms with Crippen molar-refractivity contribution >= 4 is 22.7 Å². The van der Waals surface area contributed by atoms with Gasteiger partial charge >= 0.3 is 0 Å². The lowest BCUT2D eigenvalue weighted by Crippen LogP contribution is -1.93. The Balaban J connectivity index is 1.97. The SMILES string of the molecule is C[C@H](O)c1ccccc1Sc1cc2ccccc2[nH]1. The number of rotatable bonds is 3. The summed E-state index contributed by atoms with van der Waals surface area (Å²) in [7, 11) is 0. The molecule has 0 bridgehead atoms. The highest BCUT2D eigenvalue weighted by atomic mass is 32.2. The number of hydrogen-bond donors (Lipinski definition) is 2. The van der Waals surface area contributed by atoms with Crippen LogP contribution in [0.5, 0.6) is 0 Å². The van der Waals surface area contributed by atoms with Crippen LogP contribution in [0, 0.1) is 0 Å². The molecule has 96 valence electrons. The summed E-state index contributed by atoms with van der Waals surface area (Å²) in [4.78, 5) is 4.48. The van der Waals surface area contributed by atoms with Crippen LogP contribution in [0.15, 0.2) is 64.5 Å². The van der Waals surface area contributed by atoms with E-state index >= 15 is 0 Å². The van der Waals surface area contributed by atoms with E-state index < -0.39 is 6.10 Å². The van der Waals surface area contributed by atoms with Crippen LogP contribution in [0.2, 0.25) is 0 Å². The number of aromatic amines is 1. The minimum absolute atomic E-state index is 0.451. The largest absolute Gasteiger partial charge is 0.389 e. The van der Waals surface area contributed by atoms with Crippen LogP contribution >= 0.6 is 11.8 Å². The number of H-pyrrole nitrogens is 1. The highest BCUT2D eigenvalue weighted by Gasteiger charge is 2.09. The summed E-state index contributed by atoms with van der Waals surface area (Å²) in [5.74, 6) is 0. The van der Waals surface area contributed by atoms with Crippen LogP contribution in [-0.2, 0) is 0 Å². The average Bonchev–Trinajstić information content (AvgIpc) is 2.81. The second kappa shape index (κ2) is 5.11. The third-order valence-electron chi connectivity index (χ3n) is 3.09. The van der Waals surface area contributed by atoms with Gasteiger partial charge in [-0.1, -0.05) is 48.2 Å². The second-order valence-electron chi connectivity index (χ2n) is 4.54. The molecular weight excluding hydrogens is 254 g/mol. The van der Waals surface area contributed by atoms with E-state index in [-0.39, 0.29) is 0 Å². The lowest BCUT2D eigenvalue weighted by Gasteiger charge is -2.10. The van der Waals surface area contributed by atoms with Crippen molar-refractivity contribution in [2.75, 3.05) is 0 Å². The highest BCUT2D eigenvalue weighted by Crippen LogP contribution is 2.34. The minimum Gasteiger partial charge on any atom is -0.389 e. The second-order valence-corrected chi connectivity index (χ2v) is 5.62. The first-order valence-electron chi connectivity index (χ1n) is 6.26. The Hall–Kier alpha value is -1.71. The van der Waals surface area contributed by atoms with Gasteiger partial charge in [-0.25, -0.2) is 0 Å². The normalized spacial score (nSPS) is 12.7. The van der Waals surface area contributed by atoms with Gasteiger partial charge in [0, 0.05) is 15.8 Å². The molecule has 0 saturated carbocycles. The van der Waals surface area contributed by atoms with Crippen LogP contribution in [0.4, 0.5) is 0 Å². The molecule has 0 amide bonds. The van der Waals surface area contributed by atoms with Gasteiger partial charge in [-0.3, -0.25) is 0 Å². The molecule has 1 aromatic heterocycles. The zero-order valence-electron chi connectivity index (χ0n) is 10.6. The molecule has 3 heteroatoms. The number of nitrogens with one attached hydrogen (secondary N) is 1. The van der Waals surface area contributed by atoms with E-state index in [1.807, 2.05) is 36.4 Å². The van der Waals surface area contributed by atoms with Crippen LogP contribution in [0.25, 0.3) is 10.9 Å². The fraction of sp³-hybridized carbons (Fsp3) is 0.125. The average molecular weight is 269 g/mol. The Morgan fingerprint density at radius 1 is 1.05 bits per heavy atom. The number of hydrogen-bond acceptors (Lipinski definition) is 2. The zero-order valence-corrected chi connectivity index (χ0v) is 11.4. The minimum atomic E-state index is -0.451. The fourth-order valence-electron chi connectivity index (χ4n) is 2.14. The maximum atomic E-state index is 9.80. The summed E-state index contributed by atoms with van der Waals surface area (Å²) in [6.45, 7) is 1.80. The van der Waals surface area contributed by atoms with Crippen molar-refractivity contribution in [1.82, 2.24) is 4.98 Å². The molecule has 0 aliphatic carbocycles. The molecule has 2 N–H and O–H groups in total. The van der Waals surface area contributed by atoms with Crippen molar-refractivity contribution in [2.24, 2.45) is 0 Å².